The van der Waals surface area contributed by atoms with E-state index in [4.69, 9.17) is 4.74 Å². The zero-order valence-corrected chi connectivity index (χ0v) is 13.6. The molecule has 7 heteroatoms. The predicted octanol–water partition coefficient (Wildman–Crippen LogP) is 2.66. The Morgan fingerprint density at radius 1 is 1.38 bits per heavy atom. The Kier molecular flexibility index (Phi) is 4.72. The number of fused-ring (bicyclic) bond motifs is 1. The number of benzene rings is 1. The third kappa shape index (κ3) is 3.36. The lowest BCUT2D eigenvalue weighted by Crippen LogP contribution is -2.21. The number of pyridine rings is 1. The molecule has 0 saturated carbocycles. The van der Waals surface area contributed by atoms with Gasteiger partial charge < -0.3 is 9.30 Å². The van der Waals surface area contributed by atoms with Gasteiger partial charge in [0.05, 0.1) is 5.39 Å². The lowest BCUT2D eigenvalue weighted by Gasteiger charge is -2.10. The first-order valence-corrected chi connectivity index (χ1v) is 8.12. The van der Waals surface area contributed by atoms with Gasteiger partial charge in [0, 0.05) is 29.7 Å². The van der Waals surface area contributed by atoms with Crippen molar-refractivity contribution in [2.24, 2.45) is 0 Å². The molecule has 1 aromatic carbocycles. The largest absolute Gasteiger partial charge is 0.483 e. The van der Waals surface area contributed by atoms with Crippen LogP contribution in [0, 0.1) is 0 Å². The molecule has 3 aromatic rings. The van der Waals surface area contributed by atoms with Crippen LogP contribution < -0.4 is 15.6 Å². The number of ether oxygens (including phenoxy) is 1. The quantitative estimate of drug-likeness (QED) is 0.700. The molecule has 0 saturated heterocycles. The van der Waals surface area contributed by atoms with E-state index in [0.29, 0.717) is 28.2 Å². The third-order valence-electron chi connectivity index (χ3n) is 3.34. The summed E-state index contributed by atoms with van der Waals surface area (Å²) in [6, 6.07) is 7.00. The summed E-state index contributed by atoms with van der Waals surface area (Å²) in [4.78, 5) is 28.3. The van der Waals surface area contributed by atoms with Crippen LogP contribution >= 0.6 is 11.3 Å². The second-order valence-electron chi connectivity index (χ2n) is 4.95. The number of hydrogen-bond donors (Lipinski definition) is 1. The van der Waals surface area contributed by atoms with E-state index in [-0.39, 0.29) is 18.1 Å². The van der Waals surface area contributed by atoms with Gasteiger partial charge in [-0.1, -0.05) is 12.1 Å². The van der Waals surface area contributed by atoms with E-state index in [1.54, 1.807) is 52.7 Å². The van der Waals surface area contributed by atoms with Crippen LogP contribution in [0.15, 0.2) is 59.5 Å². The van der Waals surface area contributed by atoms with Crippen molar-refractivity contribution >= 4 is 33.1 Å². The summed E-state index contributed by atoms with van der Waals surface area (Å²) >= 11 is 1.33. The van der Waals surface area contributed by atoms with Crippen LogP contribution in [0.2, 0.25) is 0 Å². The minimum absolute atomic E-state index is 0.120. The molecule has 0 fully saturated rings. The first kappa shape index (κ1) is 15.9. The maximum atomic E-state index is 12.4. The van der Waals surface area contributed by atoms with Gasteiger partial charge in [-0.15, -0.1) is 17.9 Å². The van der Waals surface area contributed by atoms with Gasteiger partial charge in [0.1, 0.15) is 5.75 Å². The minimum Gasteiger partial charge on any atom is -0.483 e. The van der Waals surface area contributed by atoms with Crippen molar-refractivity contribution in [3.63, 3.8) is 0 Å². The maximum Gasteiger partial charge on any atom is 0.264 e. The van der Waals surface area contributed by atoms with Crippen molar-refractivity contribution in [3.8, 4) is 5.75 Å². The minimum atomic E-state index is -0.304. The van der Waals surface area contributed by atoms with Gasteiger partial charge in [-0.25, -0.2) is 4.98 Å². The average molecular weight is 341 g/mol. The van der Waals surface area contributed by atoms with Crippen LogP contribution in [0.5, 0.6) is 5.75 Å². The number of nitrogens with zero attached hydrogens (tertiary/aromatic N) is 2. The number of carbonyl (C=O) groups is 1. The average Bonchev–Trinajstić information content (AvgIpc) is 3.08. The van der Waals surface area contributed by atoms with Crippen molar-refractivity contribution in [1.29, 1.82) is 0 Å². The highest BCUT2D eigenvalue weighted by atomic mass is 32.1. The highest BCUT2D eigenvalue weighted by Crippen LogP contribution is 2.23. The van der Waals surface area contributed by atoms with E-state index < -0.39 is 0 Å². The number of carbonyl (C=O) groups excluding carboxylic acids is 1. The monoisotopic (exact) mass is 341 g/mol. The summed E-state index contributed by atoms with van der Waals surface area (Å²) in [6.07, 6.45) is 4.96. The smallest absolute Gasteiger partial charge is 0.264 e. The van der Waals surface area contributed by atoms with E-state index in [1.807, 2.05) is 0 Å². The Bertz CT molecular complexity index is 932. The summed E-state index contributed by atoms with van der Waals surface area (Å²) < 4.78 is 7.14. The Balaban J connectivity index is 1.79. The van der Waals surface area contributed by atoms with Crippen molar-refractivity contribution in [1.82, 2.24) is 9.55 Å². The van der Waals surface area contributed by atoms with Gasteiger partial charge in [-0.05, 0) is 18.2 Å². The van der Waals surface area contributed by atoms with E-state index in [2.05, 4.69) is 16.9 Å². The molecule has 6 nitrogen and oxygen atoms in total. The molecule has 24 heavy (non-hydrogen) atoms. The van der Waals surface area contributed by atoms with Crippen LogP contribution in [0.3, 0.4) is 0 Å². The Morgan fingerprint density at radius 2 is 2.25 bits per heavy atom. The van der Waals surface area contributed by atoms with Crippen LogP contribution in [0.1, 0.15) is 0 Å². The molecular weight excluding hydrogens is 326 g/mol. The zero-order valence-electron chi connectivity index (χ0n) is 12.8. The Labute approximate surface area is 142 Å². The molecule has 0 atom stereocenters. The van der Waals surface area contributed by atoms with Crippen LogP contribution in [0.25, 0.3) is 10.8 Å². The van der Waals surface area contributed by atoms with Crippen LogP contribution in [-0.2, 0) is 11.3 Å². The molecule has 2 aromatic heterocycles. The second-order valence-corrected chi connectivity index (χ2v) is 5.85. The molecule has 2 heterocycles. The number of aromatic nitrogens is 2. The third-order valence-corrected chi connectivity index (χ3v) is 4.03. The van der Waals surface area contributed by atoms with E-state index in [1.165, 1.54) is 11.3 Å². The Hall–Kier alpha value is -2.93. The molecule has 122 valence electrons. The van der Waals surface area contributed by atoms with Crippen molar-refractivity contribution in [2.45, 2.75) is 6.54 Å². The second kappa shape index (κ2) is 7.10. The lowest BCUT2D eigenvalue weighted by molar-refractivity contribution is -0.118. The fourth-order valence-corrected chi connectivity index (χ4v) is 2.83. The van der Waals surface area contributed by atoms with Crippen LogP contribution in [0.4, 0.5) is 5.13 Å². The SMILES string of the molecule is C=CCn1ccc2c(OCC(=O)Nc3nccs3)cccc2c1=O. The van der Waals surface area contributed by atoms with Crippen molar-refractivity contribution in [3.05, 3.63) is 65.0 Å². The van der Waals surface area contributed by atoms with Gasteiger partial charge in [-0.2, -0.15) is 0 Å². The number of hydrogen-bond acceptors (Lipinski definition) is 5. The normalized spacial score (nSPS) is 10.5. The van der Waals surface area contributed by atoms with E-state index >= 15 is 0 Å². The standard InChI is InChI=1S/C17H15N3O3S/c1-2-8-20-9-6-12-13(16(20)22)4-3-5-14(12)23-11-15(21)19-17-18-7-10-24-17/h2-7,9-10H,1,8,11H2,(H,18,19,21). The number of rotatable bonds is 6. The Morgan fingerprint density at radius 3 is 3.00 bits per heavy atom. The molecule has 0 bridgehead atoms. The van der Waals surface area contributed by atoms with Gasteiger partial charge >= 0.3 is 0 Å². The fraction of sp³-hybridized carbons (Fsp3) is 0.118. The molecule has 1 amide bonds. The van der Waals surface area contributed by atoms with Crippen molar-refractivity contribution < 1.29 is 9.53 Å². The highest BCUT2D eigenvalue weighted by molar-refractivity contribution is 7.13. The number of nitrogens with one attached hydrogen (secondary N) is 1. The van der Waals surface area contributed by atoms with Crippen LogP contribution in [-0.4, -0.2) is 22.1 Å². The molecule has 0 aliphatic heterocycles. The molecule has 1 N–H and O–H groups in total. The van der Waals surface area contributed by atoms with Gasteiger partial charge in [0.2, 0.25) is 0 Å². The fourth-order valence-electron chi connectivity index (χ4n) is 2.28. The lowest BCUT2D eigenvalue weighted by atomic mass is 10.1. The molecule has 3 rings (SSSR count). The summed E-state index contributed by atoms with van der Waals surface area (Å²) in [7, 11) is 0. The molecule has 0 aliphatic carbocycles. The number of anilines is 1. The molecule has 0 spiro atoms. The number of thiazole rings is 1. The van der Waals surface area contributed by atoms with Gasteiger partial charge in [0.25, 0.3) is 11.5 Å². The molecule has 0 aliphatic rings. The first-order valence-electron chi connectivity index (χ1n) is 7.24. The zero-order chi connectivity index (χ0) is 16.9. The summed E-state index contributed by atoms with van der Waals surface area (Å²) in [5.41, 5.74) is -0.120. The summed E-state index contributed by atoms with van der Waals surface area (Å²) in [5.74, 6) is 0.187. The summed E-state index contributed by atoms with van der Waals surface area (Å²) in [5, 5.41) is 6.15. The van der Waals surface area contributed by atoms with Crippen molar-refractivity contribution in [2.75, 3.05) is 11.9 Å². The number of allylic oxidation sites excluding steroid dienone is 1. The number of amides is 1. The van der Waals surface area contributed by atoms with Gasteiger partial charge in [-0.3, -0.25) is 14.9 Å². The predicted molar refractivity (Wildman–Crippen MR) is 94.6 cm³/mol. The molecule has 0 radical (unpaired) electrons. The van der Waals surface area contributed by atoms with E-state index in [9.17, 15) is 9.59 Å². The molecular formula is C17H15N3O3S. The first-order chi connectivity index (χ1) is 11.7. The maximum absolute atomic E-state index is 12.4. The topological polar surface area (TPSA) is 73.2 Å². The molecule has 0 unspecified atom stereocenters. The van der Waals surface area contributed by atoms with E-state index in [0.717, 1.165) is 0 Å². The van der Waals surface area contributed by atoms with Gasteiger partial charge in [0.15, 0.2) is 11.7 Å². The summed E-state index contributed by atoms with van der Waals surface area (Å²) in [6.45, 7) is 3.92. The highest BCUT2D eigenvalue weighted by Gasteiger charge is 2.10.